The third-order valence-electron chi connectivity index (χ3n) is 3.39. The summed E-state index contributed by atoms with van der Waals surface area (Å²) in [5.41, 5.74) is 1.93. The number of benzene rings is 1. The van der Waals surface area contributed by atoms with Gasteiger partial charge < -0.3 is 14.2 Å². The Morgan fingerprint density at radius 1 is 1.32 bits per heavy atom. The second kappa shape index (κ2) is 6.08. The van der Waals surface area contributed by atoms with E-state index in [-0.39, 0.29) is 11.6 Å². The van der Waals surface area contributed by atoms with Crippen LogP contribution < -0.4 is 4.74 Å². The first-order chi connectivity index (χ1) is 8.72. The lowest BCUT2D eigenvalue weighted by molar-refractivity contribution is 0.309. The molecule has 0 saturated heterocycles. The fourth-order valence-electron chi connectivity index (χ4n) is 2.00. The molecular weight excluding hydrogens is 263 g/mol. The van der Waals surface area contributed by atoms with Gasteiger partial charge in [0.1, 0.15) is 5.75 Å². The molecule has 5 heteroatoms. The standard InChI is InChI=1S/C14H23O4P/c1-11-6-7-13(17-4)12(10-11)14(2,3)8-9-19(15,16)18-5/h6-7,10H,8-9H2,1-5H3,(H,15,16). The Hall–Kier alpha value is -0.830. The number of hydrogen-bond acceptors (Lipinski definition) is 3. The summed E-state index contributed by atoms with van der Waals surface area (Å²) in [6.07, 6.45) is 0.683. The zero-order chi connectivity index (χ0) is 14.7. The number of aryl methyl sites for hydroxylation is 1. The van der Waals surface area contributed by atoms with Gasteiger partial charge in [0, 0.05) is 12.7 Å². The van der Waals surface area contributed by atoms with Crippen molar-refractivity contribution in [3.05, 3.63) is 29.3 Å². The van der Waals surface area contributed by atoms with Crippen LogP contribution in [0, 0.1) is 6.92 Å². The molecule has 0 saturated carbocycles. The van der Waals surface area contributed by atoms with Crippen molar-refractivity contribution in [1.29, 1.82) is 0 Å². The second-order valence-corrected chi connectivity index (χ2v) is 7.47. The molecule has 19 heavy (non-hydrogen) atoms. The second-order valence-electron chi connectivity index (χ2n) is 5.38. The van der Waals surface area contributed by atoms with Crippen molar-refractivity contribution in [2.24, 2.45) is 0 Å². The monoisotopic (exact) mass is 286 g/mol. The van der Waals surface area contributed by atoms with Crippen molar-refractivity contribution in [3.63, 3.8) is 0 Å². The van der Waals surface area contributed by atoms with Gasteiger partial charge in [-0.05, 0) is 24.8 Å². The highest BCUT2D eigenvalue weighted by Gasteiger charge is 2.28. The smallest absolute Gasteiger partial charge is 0.327 e. The summed E-state index contributed by atoms with van der Waals surface area (Å²) in [5.74, 6) is 0.806. The summed E-state index contributed by atoms with van der Waals surface area (Å²) in [7, 11) is -0.566. The summed E-state index contributed by atoms with van der Waals surface area (Å²) in [4.78, 5) is 9.52. The molecule has 1 N–H and O–H groups in total. The van der Waals surface area contributed by atoms with Gasteiger partial charge in [0.2, 0.25) is 0 Å². The van der Waals surface area contributed by atoms with Gasteiger partial charge in [-0.15, -0.1) is 0 Å². The van der Waals surface area contributed by atoms with Crippen LogP contribution in [0.2, 0.25) is 0 Å². The molecule has 1 unspecified atom stereocenters. The number of hydrogen-bond donors (Lipinski definition) is 1. The molecule has 0 radical (unpaired) electrons. The lowest BCUT2D eigenvalue weighted by atomic mass is 9.81. The van der Waals surface area contributed by atoms with Crippen molar-refractivity contribution < 1.29 is 18.7 Å². The van der Waals surface area contributed by atoms with Crippen LogP contribution in [-0.2, 0) is 14.5 Å². The van der Waals surface area contributed by atoms with E-state index in [1.165, 1.54) is 7.11 Å². The van der Waals surface area contributed by atoms with E-state index in [1.54, 1.807) is 7.11 Å². The lowest BCUT2D eigenvalue weighted by Gasteiger charge is -2.28. The molecule has 1 atom stereocenters. The maximum Gasteiger partial charge on any atom is 0.327 e. The minimum absolute atomic E-state index is 0.133. The number of ether oxygens (including phenoxy) is 1. The van der Waals surface area contributed by atoms with Gasteiger partial charge in [-0.1, -0.05) is 31.5 Å². The van der Waals surface area contributed by atoms with Crippen molar-refractivity contribution in [1.82, 2.24) is 0 Å². The maximum atomic E-state index is 11.6. The number of rotatable bonds is 6. The Kier molecular flexibility index (Phi) is 5.19. The first-order valence-corrected chi connectivity index (χ1v) is 8.01. The molecule has 4 nitrogen and oxygen atoms in total. The Labute approximate surface area is 115 Å². The van der Waals surface area contributed by atoms with Gasteiger partial charge in [0.25, 0.3) is 0 Å². The Morgan fingerprint density at radius 3 is 2.47 bits per heavy atom. The molecule has 0 heterocycles. The normalized spacial score (nSPS) is 15.1. The van der Waals surface area contributed by atoms with Crippen molar-refractivity contribution in [3.8, 4) is 5.75 Å². The van der Waals surface area contributed by atoms with Crippen molar-refractivity contribution >= 4 is 7.60 Å². The molecule has 0 aliphatic heterocycles. The van der Waals surface area contributed by atoms with E-state index in [9.17, 15) is 9.46 Å². The summed E-state index contributed by atoms with van der Waals surface area (Å²) in [5, 5.41) is 0. The van der Waals surface area contributed by atoms with E-state index in [2.05, 4.69) is 10.6 Å². The predicted octanol–water partition coefficient (Wildman–Crippen LogP) is 3.50. The van der Waals surface area contributed by atoms with E-state index in [1.807, 2.05) is 32.9 Å². The van der Waals surface area contributed by atoms with Crippen LogP contribution in [0.25, 0.3) is 0 Å². The SMILES string of the molecule is COc1ccc(C)cc1C(C)(C)CCP(=O)(O)OC. The fraction of sp³-hybridized carbons (Fsp3) is 0.571. The molecular formula is C14H23O4P. The van der Waals surface area contributed by atoms with Gasteiger partial charge in [-0.3, -0.25) is 4.57 Å². The van der Waals surface area contributed by atoms with E-state index in [0.717, 1.165) is 16.9 Å². The van der Waals surface area contributed by atoms with E-state index < -0.39 is 7.60 Å². The predicted molar refractivity (Wildman–Crippen MR) is 77.1 cm³/mol. The van der Waals surface area contributed by atoms with Crippen LogP contribution in [0.15, 0.2) is 18.2 Å². The lowest BCUT2D eigenvalue weighted by Crippen LogP contribution is -2.20. The highest BCUT2D eigenvalue weighted by atomic mass is 31.2. The summed E-state index contributed by atoms with van der Waals surface area (Å²) in [6.45, 7) is 6.10. The summed E-state index contributed by atoms with van der Waals surface area (Å²) < 4.78 is 21.6. The molecule has 0 aliphatic rings. The van der Waals surface area contributed by atoms with Gasteiger partial charge in [0.05, 0.1) is 13.3 Å². The van der Waals surface area contributed by atoms with Gasteiger partial charge >= 0.3 is 7.60 Å². The Bertz CT molecular complexity index is 482. The molecule has 0 fully saturated rings. The third-order valence-corrected chi connectivity index (χ3v) is 4.75. The van der Waals surface area contributed by atoms with Crippen molar-refractivity contribution in [2.45, 2.75) is 32.6 Å². The first-order valence-electron chi connectivity index (χ1n) is 6.24. The molecule has 1 aromatic carbocycles. The largest absolute Gasteiger partial charge is 0.496 e. The van der Waals surface area contributed by atoms with Crippen molar-refractivity contribution in [2.75, 3.05) is 20.4 Å². The Morgan fingerprint density at radius 2 is 1.95 bits per heavy atom. The molecule has 0 aliphatic carbocycles. The van der Waals surface area contributed by atoms with Crippen LogP contribution in [0.5, 0.6) is 5.75 Å². The van der Waals surface area contributed by atoms with Crippen LogP contribution in [0.3, 0.4) is 0 Å². The maximum absolute atomic E-state index is 11.6. The molecule has 1 aromatic rings. The van der Waals surface area contributed by atoms with Crippen LogP contribution >= 0.6 is 7.60 Å². The van der Waals surface area contributed by atoms with Gasteiger partial charge in [-0.2, -0.15) is 0 Å². The van der Waals surface area contributed by atoms with E-state index in [0.29, 0.717) is 6.42 Å². The van der Waals surface area contributed by atoms with Gasteiger partial charge in [-0.25, -0.2) is 0 Å². The third kappa shape index (κ3) is 4.34. The first kappa shape index (κ1) is 16.2. The fourth-order valence-corrected chi connectivity index (χ4v) is 3.02. The highest BCUT2D eigenvalue weighted by Crippen LogP contribution is 2.45. The topological polar surface area (TPSA) is 55.8 Å². The Balaban J connectivity index is 2.99. The minimum Gasteiger partial charge on any atom is -0.496 e. The summed E-state index contributed by atoms with van der Waals surface area (Å²) in [6, 6.07) is 5.99. The molecule has 108 valence electrons. The van der Waals surface area contributed by atoms with E-state index in [4.69, 9.17) is 4.74 Å². The average molecular weight is 286 g/mol. The van der Waals surface area contributed by atoms with Crippen LogP contribution in [-0.4, -0.2) is 25.3 Å². The minimum atomic E-state index is -3.47. The molecule has 0 aromatic heterocycles. The van der Waals surface area contributed by atoms with Gasteiger partial charge in [0.15, 0.2) is 0 Å². The zero-order valence-corrected chi connectivity index (χ0v) is 13.2. The average Bonchev–Trinajstić information content (AvgIpc) is 2.37. The van der Waals surface area contributed by atoms with Crippen LogP contribution in [0.4, 0.5) is 0 Å². The molecule has 0 amide bonds. The zero-order valence-electron chi connectivity index (χ0n) is 12.3. The molecule has 1 rings (SSSR count). The quantitative estimate of drug-likeness (QED) is 0.813. The summed E-state index contributed by atoms with van der Waals surface area (Å²) >= 11 is 0. The highest BCUT2D eigenvalue weighted by molar-refractivity contribution is 7.52. The molecule has 0 spiro atoms. The molecule has 0 bridgehead atoms. The van der Waals surface area contributed by atoms with E-state index >= 15 is 0 Å². The van der Waals surface area contributed by atoms with Crippen LogP contribution in [0.1, 0.15) is 31.4 Å². The number of methoxy groups -OCH3 is 1.